The second-order valence-electron chi connectivity index (χ2n) is 5.45. The molecule has 0 aliphatic carbocycles. The Labute approximate surface area is 162 Å². The van der Waals surface area contributed by atoms with Crippen LogP contribution in [0.25, 0.3) is 27.6 Å². The number of nitrogen functional groups attached to an aromatic ring is 1. The first-order valence-corrected chi connectivity index (χ1v) is 9.41. The summed E-state index contributed by atoms with van der Waals surface area (Å²) in [4.78, 5) is 4.68. The molecular formula is C18H14BrN5OS. The highest BCUT2D eigenvalue weighted by molar-refractivity contribution is 9.10. The second kappa shape index (κ2) is 6.89. The van der Waals surface area contributed by atoms with E-state index in [-0.39, 0.29) is 0 Å². The molecule has 4 aromatic rings. The van der Waals surface area contributed by atoms with Gasteiger partial charge in [0.15, 0.2) is 11.5 Å². The third kappa shape index (κ3) is 2.97. The Kier molecular flexibility index (Phi) is 4.44. The summed E-state index contributed by atoms with van der Waals surface area (Å²) in [6, 6.07) is 15.4. The van der Waals surface area contributed by atoms with Crippen LogP contribution in [0.15, 0.2) is 58.4 Å². The van der Waals surface area contributed by atoms with Crippen molar-refractivity contribution in [1.82, 2.24) is 20.0 Å². The molecule has 0 aliphatic rings. The third-order valence-electron chi connectivity index (χ3n) is 3.88. The van der Waals surface area contributed by atoms with Crippen molar-refractivity contribution >= 4 is 33.1 Å². The van der Waals surface area contributed by atoms with Crippen molar-refractivity contribution in [3.63, 3.8) is 0 Å². The molecule has 2 aromatic carbocycles. The SMILES string of the molecule is COc1ccc(-n2nnc(-c3nc(-c4ccccc4Br)cs3)c2N)cc1. The minimum Gasteiger partial charge on any atom is -0.497 e. The van der Waals surface area contributed by atoms with E-state index in [2.05, 4.69) is 31.2 Å². The number of hydrogen-bond donors (Lipinski definition) is 1. The van der Waals surface area contributed by atoms with Gasteiger partial charge in [-0.2, -0.15) is 4.68 Å². The van der Waals surface area contributed by atoms with E-state index in [1.807, 2.05) is 53.9 Å². The van der Waals surface area contributed by atoms with E-state index in [0.29, 0.717) is 11.5 Å². The fourth-order valence-corrected chi connectivity index (χ4v) is 3.83. The number of thiazole rings is 1. The summed E-state index contributed by atoms with van der Waals surface area (Å²) >= 11 is 5.04. The number of aromatic nitrogens is 4. The molecule has 26 heavy (non-hydrogen) atoms. The maximum absolute atomic E-state index is 6.28. The summed E-state index contributed by atoms with van der Waals surface area (Å²) in [5.41, 5.74) is 9.56. The predicted molar refractivity (Wildman–Crippen MR) is 107 cm³/mol. The van der Waals surface area contributed by atoms with Crippen molar-refractivity contribution in [2.75, 3.05) is 12.8 Å². The Morgan fingerprint density at radius 3 is 2.62 bits per heavy atom. The topological polar surface area (TPSA) is 78.8 Å². The molecule has 6 nitrogen and oxygen atoms in total. The van der Waals surface area contributed by atoms with E-state index in [4.69, 9.17) is 10.5 Å². The van der Waals surface area contributed by atoms with Crippen LogP contribution in [0.3, 0.4) is 0 Å². The molecule has 0 atom stereocenters. The van der Waals surface area contributed by atoms with E-state index >= 15 is 0 Å². The number of benzene rings is 2. The molecule has 0 fully saturated rings. The van der Waals surface area contributed by atoms with E-state index in [9.17, 15) is 0 Å². The first-order valence-electron chi connectivity index (χ1n) is 7.74. The Hall–Kier alpha value is -2.71. The van der Waals surface area contributed by atoms with E-state index < -0.39 is 0 Å². The number of rotatable bonds is 4. The lowest BCUT2D eigenvalue weighted by atomic mass is 10.2. The van der Waals surface area contributed by atoms with Crippen LogP contribution in [0.2, 0.25) is 0 Å². The lowest BCUT2D eigenvalue weighted by Crippen LogP contribution is -2.02. The van der Waals surface area contributed by atoms with E-state index in [1.165, 1.54) is 11.3 Å². The van der Waals surface area contributed by atoms with Gasteiger partial charge in [-0.25, -0.2) is 4.98 Å². The van der Waals surface area contributed by atoms with Gasteiger partial charge in [-0.1, -0.05) is 39.3 Å². The lowest BCUT2D eigenvalue weighted by molar-refractivity contribution is 0.414. The molecule has 8 heteroatoms. The molecule has 0 saturated heterocycles. The molecule has 2 aromatic heterocycles. The molecular weight excluding hydrogens is 414 g/mol. The molecule has 0 amide bonds. The van der Waals surface area contributed by atoms with E-state index in [0.717, 1.165) is 32.2 Å². The van der Waals surface area contributed by atoms with Gasteiger partial charge in [-0.3, -0.25) is 0 Å². The Morgan fingerprint density at radius 1 is 1.12 bits per heavy atom. The van der Waals surface area contributed by atoms with Crippen LogP contribution < -0.4 is 10.5 Å². The Morgan fingerprint density at radius 2 is 1.88 bits per heavy atom. The van der Waals surface area contributed by atoms with Crippen LogP contribution in [0.5, 0.6) is 5.75 Å². The molecule has 0 spiro atoms. The number of anilines is 1. The van der Waals surface area contributed by atoms with Crippen molar-refractivity contribution in [1.29, 1.82) is 0 Å². The van der Waals surface area contributed by atoms with Gasteiger partial charge in [-0.15, -0.1) is 16.4 Å². The molecule has 0 unspecified atom stereocenters. The fraction of sp³-hybridized carbons (Fsp3) is 0.0556. The van der Waals surface area contributed by atoms with Crippen molar-refractivity contribution in [3.05, 3.63) is 58.4 Å². The second-order valence-corrected chi connectivity index (χ2v) is 7.16. The summed E-state index contributed by atoms with van der Waals surface area (Å²) in [5, 5.41) is 11.1. The zero-order valence-corrected chi connectivity index (χ0v) is 16.2. The number of methoxy groups -OCH3 is 1. The maximum Gasteiger partial charge on any atom is 0.165 e. The summed E-state index contributed by atoms with van der Waals surface area (Å²) in [6.07, 6.45) is 0. The average molecular weight is 428 g/mol. The standard InChI is InChI=1S/C18H14BrN5OS/c1-25-12-8-6-11(7-9-12)24-17(20)16(22-23-24)18-21-15(10-26-18)13-4-2-3-5-14(13)19/h2-10H,20H2,1H3. The minimum atomic E-state index is 0.447. The molecule has 0 radical (unpaired) electrons. The molecule has 2 heterocycles. The van der Waals surface area contributed by atoms with E-state index in [1.54, 1.807) is 11.8 Å². The van der Waals surface area contributed by atoms with Gasteiger partial charge in [-0.05, 0) is 30.3 Å². The van der Waals surface area contributed by atoms with Crippen LogP contribution >= 0.6 is 27.3 Å². The molecule has 0 bridgehead atoms. The Bertz CT molecular complexity index is 1060. The number of ether oxygens (including phenoxy) is 1. The van der Waals surface area contributed by atoms with Crippen molar-refractivity contribution in [2.45, 2.75) is 0 Å². The number of halogens is 1. The summed E-state index contributed by atoms with van der Waals surface area (Å²) < 4.78 is 7.76. The molecule has 130 valence electrons. The van der Waals surface area contributed by atoms with Crippen molar-refractivity contribution in [2.24, 2.45) is 0 Å². The number of nitrogens with two attached hydrogens (primary N) is 1. The zero-order chi connectivity index (χ0) is 18.1. The monoisotopic (exact) mass is 427 g/mol. The average Bonchev–Trinajstić information content (AvgIpc) is 3.29. The van der Waals surface area contributed by atoms with Crippen molar-refractivity contribution < 1.29 is 4.74 Å². The largest absolute Gasteiger partial charge is 0.497 e. The van der Waals surface area contributed by atoms with Gasteiger partial charge < -0.3 is 10.5 Å². The minimum absolute atomic E-state index is 0.447. The van der Waals surface area contributed by atoms with Crippen LogP contribution in [0, 0.1) is 0 Å². The molecule has 0 saturated carbocycles. The van der Waals surface area contributed by atoms with Gasteiger partial charge in [0.2, 0.25) is 0 Å². The molecule has 0 aliphatic heterocycles. The van der Waals surface area contributed by atoms with Crippen LogP contribution in [0.4, 0.5) is 5.82 Å². The van der Waals surface area contributed by atoms with Crippen LogP contribution in [-0.2, 0) is 0 Å². The van der Waals surface area contributed by atoms with Crippen molar-refractivity contribution in [3.8, 4) is 33.4 Å². The third-order valence-corrected chi connectivity index (χ3v) is 5.42. The quantitative estimate of drug-likeness (QED) is 0.521. The molecule has 2 N–H and O–H groups in total. The summed E-state index contributed by atoms with van der Waals surface area (Å²) in [6.45, 7) is 0. The van der Waals surface area contributed by atoms with Gasteiger partial charge in [0.25, 0.3) is 0 Å². The van der Waals surface area contributed by atoms with Gasteiger partial charge >= 0.3 is 0 Å². The first-order chi connectivity index (χ1) is 12.7. The lowest BCUT2D eigenvalue weighted by Gasteiger charge is -2.04. The Balaban J connectivity index is 1.69. The fourth-order valence-electron chi connectivity index (χ4n) is 2.53. The number of nitrogens with zero attached hydrogens (tertiary/aromatic N) is 4. The smallest absolute Gasteiger partial charge is 0.165 e. The maximum atomic E-state index is 6.28. The highest BCUT2D eigenvalue weighted by Gasteiger charge is 2.17. The van der Waals surface area contributed by atoms with Crippen LogP contribution in [-0.4, -0.2) is 27.1 Å². The molecule has 4 rings (SSSR count). The van der Waals surface area contributed by atoms with Gasteiger partial charge in [0.1, 0.15) is 10.8 Å². The highest BCUT2D eigenvalue weighted by atomic mass is 79.9. The predicted octanol–water partition coefficient (Wildman–Crippen LogP) is 4.41. The van der Waals surface area contributed by atoms with Crippen LogP contribution in [0.1, 0.15) is 0 Å². The van der Waals surface area contributed by atoms with Gasteiger partial charge in [0.05, 0.1) is 18.5 Å². The normalized spacial score (nSPS) is 10.8. The first kappa shape index (κ1) is 16.7. The highest BCUT2D eigenvalue weighted by Crippen LogP contribution is 2.34. The van der Waals surface area contributed by atoms with Gasteiger partial charge in [0, 0.05) is 15.4 Å². The summed E-state index contributed by atoms with van der Waals surface area (Å²) in [5.74, 6) is 1.22. The summed E-state index contributed by atoms with van der Waals surface area (Å²) in [7, 11) is 1.63. The zero-order valence-electron chi connectivity index (χ0n) is 13.8. The number of hydrogen-bond acceptors (Lipinski definition) is 6.